The number of thioether (sulfide) groups is 1. The second-order valence-electron chi connectivity index (χ2n) is 3.76. The van der Waals surface area contributed by atoms with Crippen molar-refractivity contribution in [3.05, 3.63) is 0 Å². The fraction of sp³-hybridized carbons (Fsp3) is 0.800. The molecule has 1 aliphatic heterocycles. The molecule has 0 aromatic heterocycles. The molecule has 0 radical (unpaired) electrons. The van der Waals surface area contributed by atoms with Gasteiger partial charge in [-0.05, 0) is 30.8 Å². The van der Waals surface area contributed by atoms with Gasteiger partial charge in [-0.1, -0.05) is 19.1 Å². The third kappa shape index (κ3) is 3.99. The van der Waals surface area contributed by atoms with E-state index in [2.05, 4.69) is 5.32 Å². The van der Waals surface area contributed by atoms with E-state index in [1.54, 1.807) is 0 Å². The van der Waals surface area contributed by atoms with E-state index in [1.165, 1.54) is 0 Å². The summed E-state index contributed by atoms with van der Waals surface area (Å²) < 4.78 is 0. The maximum Gasteiger partial charge on any atom is 0.230 e. The molecule has 1 rings (SSSR count). The van der Waals surface area contributed by atoms with E-state index in [-0.39, 0.29) is 11.8 Å². The Kier molecular flexibility index (Phi) is 5.39. The van der Waals surface area contributed by atoms with Gasteiger partial charge in [0.15, 0.2) is 0 Å². The first kappa shape index (κ1) is 12.8. The van der Waals surface area contributed by atoms with Crippen LogP contribution in [0.5, 0.6) is 0 Å². The minimum atomic E-state index is -0.297. The number of hydrogen-bond acceptors (Lipinski definition) is 3. The third-order valence-corrected chi connectivity index (χ3v) is 3.97. The highest BCUT2D eigenvalue weighted by atomic mass is 32.2. The van der Waals surface area contributed by atoms with Crippen molar-refractivity contribution < 1.29 is 4.79 Å². The molecule has 1 saturated heterocycles. The molecule has 0 aliphatic carbocycles. The second kappa shape index (κ2) is 6.33. The summed E-state index contributed by atoms with van der Waals surface area (Å²) in [4.78, 5) is 12.1. The molecule has 1 heterocycles. The number of nitrogens with one attached hydrogen (secondary N) is 1. The number of amides is 1. The maximum absolute atomic E-state index is 11.8. The summed E-state index contributed by atoms with van der Waals surface area (Å²) in [5.74, 6) is 1.97. The highest BCUT2D eigenvalue weighted by Gasteiger charge is 2.23. The molecular formula is C10H18N2OS2. The molecule has 3 N–H and O–H groups in total. The Morgan fingerprint density at radius 1 is 1.60 bits per heavy atom. The highest BCUT2D eigenvalue weighted by molar-refractivity contribution is 7.99. The van der Waals surface area contributed by atoms with E-state index >= 15 is 0 Å². The monoisotopic (exact) mass is 246 g/mol. The van der Waals surface area contributed by atoms with Gasteiger partial charge in [0.2, 0.25) is 5.91 Å². The molecule has 15 heavy (non-hydrogen) atoms. The molecule has 0 spiro atoms. The number of carbonyl (C=O) groups excluding carboxylic acids is 1. The molecule has 1 unspecified atom stereocenters. The van der Waals surface area contributed by atoms with Crippen molar-refractivity contribution in [3.63, 3.8) is 0 Å². The molecular weight excluding hydrogens is 228 g/mol. The molecule has 0 aromatic carbocycles. The normalized spacial score (nSPS) is 19.5. The van der Waals surface area contributed by atoms with Gasteiger partial charge in [0.25, 0.3) is 0 Å². The van der Waals surface area contributed by atoms with Gasteiger partial charge in [0.05, 0.1) is 10.9 Å². The van der Waals surface area contributed by atoms with Crippen LogP contribution in [0.1, 0.15) is 26.2 Å². The summed E-state index contributed by atoms with van der Waals surface area (Å²) in [6.07, 6.45) is 2.80. The van der Waals surface area contributed by atoms with Gasteiger partial charge in [0.1, 0.15) is 0 Å². The van der Waals surface area contributed by atoms with Crippen LogP contribution < -0.4 is 11.1 Å². The Morgan fingerprint density at radius 3 is 2.67 bits per heavy atom. The van der Waals surface area contributed by atoms with Crippen molar-refractivity contribution in [3.8, 4) is 0 Å². The zero-order chi connectivity index (χ0) is 11.3. The molecule has 1 amide bonds. The van der Waals surface area contributed by atoms with E-state index in [1.807, 2.05) is 18.7 Å². The van der Waals surface area contributed by atoms with Gasteiger partial charge in [-0.25, -0.2) is 0 Å². The van der Waals surface area contributed by atoms with Crippen LogP contribution in [-0.4, -0.2) is 28.4 Å². The Morgan fingerprint density at radius 2 is 2.20 bits per heavy atom. The summed E-state index contributed by atoms with van der Waals surface area (Å²) in [7, 11) is 0. The predicted molar refractivity (Wildman–Crippen MR) is 69.1 cm³/mol. The van der Waals surface area contributed by atoms with Crippen LogP contribution in [0, 0.1) is 5.92 Å². The second-order valence-corrected chi connectivity index (χ2v) is 5.45. The summed E-state index contributed by atoms with van der Waals surface area (Å²) >= 11 is 6.82. The fourth-order valence-electron chi connectivity index (χ4n) is 1.66. The third-order valence-electron chi connectivity index (χ3n) is 2.64. The number of nitrogens with two attached hydrogens (primary N) is 1. The SMILES string of the molecule is CCC(C(=O)NC1CCSCC1)C(N)=S. The van der Waals surface area contributed by atoms with Gasteiger partial charge < -0.3 is 11.1 Å². The fourth-order valence-corrected chi connectivity index (χ4v) is 3.04. The van der Waals surface area contributed by atoms with Crippen molar-refractivity contribution in [2.45, 2.75) is 32.2 Å². The molecule has 5 heteroatoms. The Hall–Kier alpha value is -0.290. The van der Waals surface area contributed by atoms with Gasteiger partial charge in [-0.3, -0.25) is 4.79 Å². The lowest BCUT2D eigenvalue weighted by atomic mass is 10.0. The maximum atomic E-state index is 11.8. The van der Waals surface area contributed by atoms with Gasteiger partial charge >= 0.3 is 0 Å². The summed E-state index contributed by atoms with van der Waals surface area (Å²) in [6, 6.07) is 0.321. The smallest absolute Gasteiger partial charge is 0.230 e. The van der Waals surface area contributed by atoms with Crippen molar-refractivity contribution >= 4 is 34.9 Å². The molecule has 3 nitrogen and oxygen atoms in total. The average molecular weight is 246 g/mol. The first-order chi connectivity index (χ1) is 7.15. The molecule has 1 fully saturated rings. The highest BCUT2D eigenvalue weighted by Crippen LogP contribution is 2.17. The van der Waals surface area contributed by atoms with E-state index in [0.717, 1.165) is 24.3 Å². The topological polar surface area (TPSA) is 55.1 Å². The van der Waals surface area contributed by atoms with Crippen molar-refractivity contribution in [2.75, 3.05) is 11.5 Å². The quantitative estimate of drug-likeness (QED) is 0.734. The number of thiocarbonyl (C=S) groups is 1. The number of hydrogen-bond donors (Lipinski definition) is 2. The summed E-state index contributed by atoms with van der Waals surface area (Å²) in [5.41, 5.74) is 5.52. The van der Waals surface area contributed by atoms with Gasteiger partial charge in [-0.15, -0.1) is 0 Å². The largest absolute Gasteiger partial charge is 0.393 e. The Bertz CT molecular complexity index is 240. The van der Waals surface area contributed by atoms with Crippen molar-refractivity contribution in [1.29, 1.82) is 0 Å². The Balaban J connectivity index is 2.42. The standard InChI is InChI=1S/C10H18N2OS2/c1-2-8(9(11)14)10(13)12-7-3-5-15-6-4-7/h7-8H,2-6H2,1H3,(H2,11,14)(H,12,13). The zero-order valence-electron chi connectivity index (χ0n) is 8.99. The van der Waals surface area contributed by atoms with Crippen molar-refractivity contribution in [1.82, 2.24) is 5.32 Å². The Labute approximate surface area is 101 Å². The summed E-state index contributed by atoms with van der Waals surface area (Å²) in [6.45, 7) is 1.93. The van der Waals surface area contributed by atoms with Crippen LogP contribution in [0.3, 0.4) is 0 Å². The van der Waals surface area contributed by atoms with Crippen LogP contribution in [0.15, 0.2) is 0 Å². The van der Waals surface area contributed by atoms with Crippen LogP contribution >= 0.6 is 24.0 Å². The zero-order valence-corrected chi connectivity index (χ0v) is 10.6. The predicted octanol–water partition coefficient (Wildman–Crippen LogP) is 1.31. The minimum absolute atomic E-state index is 0.00176. The van der Waals surface area contributed by atoms with Gasteiger partial charge in [0, 0.05) is 6.04 Å². The average Bonchev–Trinajstić information content (AvgIpc) is 2.19. The van der Waals surface area contributed by atoms with Crippen molar-refractivity contribution in [2.24, 2.45) is 11.7 Å². The first-order valence-corrected chi connectivity index (χ1v) is 6.89. The molecule has 1 atom stereocenters. The molecule has 0 aromatic rings. The molecule has 86 valence electrons. The van der Waals surface area contributed by atoms with E-state index in [9.17, 15) is 4.79 Å². The lowest BCUT2D eigenvalue weighted by Gasteiger charge is -2.24. The molecule has 0 bridgehead atoms. The number of carbonyl (C=O) groups is 1. The molecule has 0 saturated carbocycles. The van der Waals surface area contributed by atoms with E-state index in [4.69, 9.17) is 18.0 Å². The minimum Gasteiger partial charge on any atom is -0.393 e. The summed E-state index contributed by atoms with van der Waals surface area (Å²) in [5, 5.41) is 3.03. The van der Waals surface area contributed by atoms with E-state index in [0.29, 0.717) is 17.5 Å². The van der Waals surface area contributed by atoms with E-state index < -0.39 is 0 Å². The number of rotatable bonds is 4. The first-order valence-electron chi connectivity index (χ1n) is 5.32. The van der Waals surface area contributed by atoms with Gasteiger partial charge in [-0.2, -0.15) is 11.8 Å². The molecule has 1 aliphatic rings. The lowest BCUT2D eigenvalue weighted by molar-refractivity contribution is -0.123. The van der Waals surface area contributed by atoms with Crippen LogP contribution in [0.4, 0.5) is 0 Å². The van der Waals surface area contributed by atoms with Crippen LogP contribution in [0.25, 0.3) is 0 Å². The van der Waals surface area contributed by atoms with Crippen LogP contribution in [0.2, 0.25) is 0 Å². The van der Waals surface area contributed by atoms with Crippen LogP contribution in [-0.2, 0) is 4.79 Å². The lowest BCUT2D eigenvalue weighted by Crippen LogP contribution is -2.44.